The second-order valence-electron chi connectivity index (χ2n) is 14.5. The minimum Gasteiger partial charge on any atom is -0.465 e. The van der Waals surface area contributed by atoms with Crippen molar-refractivity contribution >= 4 is 11.9 Å². The number of rotatable bonds is 38. The van der Waals surface area contributed by atoms with E-state index in [0.717, 1.165) is 90.1 Å². The van der Waals surface area contributed by atoms with Gasteiger partial charge in [-0.15, -0.1) is 0 Å². The molecule has 2 unspecified atom stereocenters. The minimum absolute atomic E-state index is 0.00867. The van der Waals surface area contributed by atoms with Gasteiger partial charge in [0.05, 0.1) is 31.7 Å². The highest BCUT2D eigenvalue weighted by atomic mass is 16.5. The largest absolute Gasteiger partial charge is 0.465 e. The molecule has 0 rings (SSSR count). The molecule has 0 saturated carbocycles. The van der Waals surface area contributed by atoms with Crippen molar-refractivity contribution < 1.29 is 24.2 Å². The molecule has 6 heteroatoms. The van der Waals surface area contributed by atoms with Gasteiger partial charge in [-0.2, -0.15) is 0 Å². The second kappa shape index (κ2) is 37.1. The normalized spacial score (nSPS) is 12.8. The van der Waals surface area contributed by atoms with E-state index >= 15 is 0 Å². The average Bonchev–Trinajstić information content (AvgIpc) is 3.08. The van der Waals surface area contributed by atoms with Crippen LogP contribution in [0.25, 0.3) is 0 Å². The van der Waals surface area contributed by atoms with E-state index in [-0.39, 0.29) is 30.4 Å². The van der Waals surface area contributed by atoms with Crippen LogP contribution in [0.5, 0.6) is 0 Å². The Morgan fingerprint density at radius 1 is 0.438 bits per heavy atom. The Balaban J connectivity index is 4.39. The summed E-state index contributed by atoms with van der Waals surface area (Å²) in [4.78, 5) is 28.2. The van der Waals surface area contributed by atoms with E-state index in [1.165, 1.54) is 103 Å². The fourth-order valence-corrected chi connectivity index (χ4v) is 6.67. The zero-order valence-electron chi connectivity index (χ0n) is 32.7. The van der Waals surface area contributed by atoms with Crippen molar-refractivity contribution in [2.45, 2.75) is 207 Å². The average molecular weight is 682 g/mol. The predicted molar refractivity (Wildman–Crippen MR) is 204 cm³/mol. The molecule has 0 amide bonds. The van der Waals surface area contributed by atoms with E-state index in [0.29, 0.717) is 19.8 Å². The van der Waals surface area contributed by atoms with Crippen LogP contribution in [-0.2, 0) is 19.1 Å². The molecule has 1 N–H and O–H groups in total. The Morgan fingerprint density at radius 3 is 1.08 bits per heavy atom. The van der Waals surface area contributed by atoms with E-state index in [1.807, 2.05) is 0 Å². The van der Waals surface area contributed by atoms with E-state index in [2.05, 4.69) is 32.6 Å². The van der Waals surface area contributed by atoms with Crippen molar-refractivity contribution in [1.29, 1.82) is 0 Å². The smallest absolute Gasteiger partial charge is 0.308 e. The maximum absolute atomic E-state index is 13.0. The first-order valence-electron chi connectivity index (χ1n) is 21.2. The van der Waals surface area contributed by atoms with E-state index in [4.69, 9.17) is 9.47 Å². The molecule has 0 radical (unpaired) electrons. The number of esters is 2. The van der Waals surface area contributed by atoms with Crippen LogP contribution in [0.2, 0.25) is 0 Å². The predicted octanol–water partition coefficient (Wildman–Crippen LogP) is 11.6. The van der Waals surface area contributed by atoms with Gasteiger partial charge >= 0.3 is 11.9 Å². The second-order valence-corrected chi connectivity index (χ2v) is 14.5. The van der Waals surface area contributed by atoms with Crippen LogP contribution >= 0.6 is 0 Å². The summed E-state index contributed by atoms with van der Waals surface area (Å²) in [7, 11) is 0. The van der Waals surface area contributed by atoms with Crippen LogP contribution < -0.4 is 0 Å². The van der Waals surface area contributed by atoms with Crippen LogP contribution in [0.4, 0.5) is 0 Å². The molecule has 0 aromatic rings. The summed E-state index contributed by atoms with van der Waals surface area (Å²) in [5.41, 5.74) is 0. The summed E-state index contributed by atoms with van der Waals surface area (Å²) in [6.45, 7) is 12.5. The van der Waals surface area contributed by atoms with Gasteiger partial charge in [0.25, 0.3) is 0 Å². The third kappa shape index (κ3) is 29.7. The molecule has 0 spiro atoms. The lowest BCUT2D eigenvalue weighted by Gasteiger charge is -2.21. The van der Waals surface area contributed by atoms with E-state index < -0.39 is 0 Å². The Labute approximate surface area is 299 Å². The summed E-state index contributed by atoms with van der Waals surface area (Å²) in [6.07, 6.45) is 32.1. The van der Waals surface area contributed by atoms with E-state index in [9.17, 15) is 14.7 Å². The zero-order chi connectivity index (χ0) is 35.3. The Bertz CT molecular complexity index is 687. The first-order chi connectivity index (χ1) is 23.5. The molecule has 48 heavy (non-hydrogen) atoms. The van der Waals surface area contributed by atoms with Gasteiger partial charge in [-0.25, -0.2) is 0 Å². The molecule has 6 nitrogen and oxygen atoms in total. The molecular weight excluding hydrogens is 598 g/mol. The molecule has 286 valence electrons. The Hall–Kier alpha value is -1.14. The first-order valence-corrected chi connectivity index (χ1v) is 21.2. The molecule has 0 aliphatic rings. The summed E-state index contributed by atoms with van der Waals surface area (Å²) >= 11 is 0. The fourth-order valence-electron chi connectivity index (χ4n) is 6.67. The lowest BCUT2D eigenvalue weighted by atomic mass is 9.94. The summed E-state index contributed by atoms with van der Waals surface area (Å²) in [5.74, 6) is 0.132. The van der Waals surface area contributed by atoms with Crippen molar-refractivity contribution in [1.82, 2.24) is 4.90 Å². The molecule has 0 aliphatic heterocycles. The monoisotopic (exact) mass is 682 g/mol. The molecule has 0 aromatic carbocycles. The van der Waals surface area contributed by atoms with Gasteiger partial charge in [0, 0.05) is 6.54 Å². The molecular formula is C42H83NO5. The van der Waals surface area contributed by atoms with Crippen LogP contribution in [0, 0.1) is 11.8 Å². The maximum Gasteiger partial charge on any atom is 0.308 e. The number of nitrogens with zero attached hydrogens (tertiary/aromatic N) is 1. The molecule has 2 atom stereocenters. The number of carbonyl (C=O) groups is 2. The van der Waals surface area contributed by atoms with Gasteiger partial charge in [0.1, 0.15) is 0 Å². The van der Waals surface area contributed by atoms with Crippen molar-refractivity contribution in [2.75, 3.05) is 39.5 Å². The lowest BCUT2D eigenvalue weighted by Crippen LogP contribution is -2.29. The van der Waals surface area contributed by atoms with Crippen molar-refractivity contribution in [3.63, 3.8) is 0 Å². The van der Waals surface area contributed by atoms with Crippen molar-refractivity contribution in [3.05, 3.63) is 0 Å². The maximum atomic E-state index is 13.0. The number of hydrogen-bond acceptors (Lipinski definition) is 6. The topological polar surface area (TPSA) is 76.1 Å². The number of hydrogen-bond donors (Lipinski definition) is 1. The number of unbranched alkanes of at least 4 members (excludes halogenated alkanes) is 18. The summed E-state index contributed by atoms with van der Waals surface area (Å²) in [5, 5.41) is 9.60. The number of ether oxygens (including phenoxy) is 2. The van der Waals surface area contributed by atoms with E-state index in [1.54, 1.807) is 0 Å². The lowest BCUT2D eigenvalue weighted by molar-refractivity contribution is -0.150. The molecule has 0 heterocycles. The zero-order valence-corrected chi connectivity index (χ0v) is 32.7. The van der Waals surface area contributed by atoms with Gasteiger partial charge in [-0.1, -0.05) is 156 Å². The summed E-state index contributed by atoms with van der Waals surface area (Å²) < 4.78 is 11.6. The highest BCUT2D eigenvalue weighted by Crippen LogP contribution is 2.22. The standard InChI is InChI=1S/C42H83NO5/c1-5-9-13-17-18-20-24-32-40(30-22-16-12-8-4)42(46)48-38-28-26-34-43(35-36-44)33-25-27-37-47-41(45)39(29-21-15-11-7-3)31-23-19-14-10-6-2/h39-40,44H,5-38H2,1-4H3. The van der Waals surface area contributed by atoms with Crippen molar-refractivity contribution in [3.8, 4) is 0 Å². The Morgan fingerprint density at radius 2 is 0.750 bits per heavy atom. The quantitative estimate of drug-likeness (QED) is 0.0516. The third-order valence-electron chi connectivity index (χ3n) is 9.93. The Kier molecular flexibility index (Phi) is 36.2. The molecule has 0 fully saturated rings. The highest BCUT2D eigenvalue weighted by Gasteiger charge is 2.20. The van der Waals surface area contributed by atoms with Gasteiger partial charge in [-0.3, -0.25) is 9.59 Å². The molecule has 0 aromatic heterocycles. The fraction of sp³-hybridized carbons (Fsp3) is 0.952. The molecule has 0 saturated heterocycles. The van der Waals surface area contributed by atoms with Crippen LogP contribution in [0.15, 0.2) is 0 Å². The molecule has 0 bridgehead atoms. The number of aliphatic hydroxyl groups excluding tert-OH is 1. The van der Waals surface area contributed by atoms with Gasteiger partial charge < -0.3 is 19.5 Å². The number of aliphatic hydroxyl groups is 1. The number of carbonyl (C=O) groups excluding carboxylic acids is 2. The SMILES string of the molecule is CCCCCCCCCC(CCCCCC)C(=O)OCCCCN(CCO)CCCCOC(=O)C(CCCCCC)CCCCCCC. The van der Waals surface area contributed by atoms with Crippen LogP contribution in [0.3, 0.4) is 0 Å². The van der Waals surface area contributed by atoms with Gasteiger partial charge in [0.2, 0.25) is 0 Å². The highest BCUT2D eigenvalue weighted by molar-refractivity contribution is 5.72. The third-order valence-corrected chi connectivity index (χ3v) is 9.93. The van der Waals surface area contributed by atoms with Crippen molar-refractivity contribution in [2.24, 2.45) is 11.8 Å². The van der Waals surface area contributed by atoms with Gasteiger partial charge in [-0.05, 0) is 64.5 Å². The summed E-state index contributed by atoms with van der Waals surface area (Å²) in [6, 6.07) is 0. The van der Waals surface area contributed by atoms with Gasteiger partial charge in [0.15, 0.2) is 0 Å². The first kappa shape index (κ1) is 46.9. The minimum atomic E-state index is 0.00867. The molecule has 0 aliphatic carbocycles. The van der Waals surface area contributed by atoms with Crippen LogP contribution in [-0.4, -0.2) is 61.4 Å². The van der Waals surface area contributed by atoms with Crippen LogP contribution in [0.1, 0.15) is 207 Å².